The molecule has 0 N–H and O–H groups in total. The molecule has 3 aromatic rings. The highest BCUT2D eigenvalue weighted by atomic mass is 16.3. The van der Waals surface area contributed by atoms with Crippen LogP contribution in [0.3, 0.4) is 0 Å². The van der Waals surface area contributed by atoms with Crippen molar-refractivity contribution >= 4 is 17.1 Å². The fraction of sp³-hybridized carbons (Fsp3) is 0.125. The molecule has 0 bridgehead atoms. The number of ketones is 2. The van der Waals surface area contributed by atoms with Crippen LogP contribution in [-0.4, -0.2) is 11.6 Å². The van der Waals surface area contributed by atoms with E-state index in [1.807, 2.05) is 36.4 Å². The van der Waals surface area contributed by atoms with Crippen LogP contribution in [0.15, 0.2) is 89.0 Å². The average molecular weight is 367 g/mol. The van der Waals surface area contributed by atoms with Crippen molar-refractivity contribution in [2.24, 2.45) is 5.92 Å². The van der Waals surface area contributed by atoms with Gasteiger partial charge >= 0.3 is 0 Å². The van der Waals surface area contributed by atoms with Gasteiger partial charge in [-0.2, -0.15) is 5.26 Å². The summed E-state index contributed by atoms with van der Waals surface area (Å²) in [5.41, 5.74) is 1.99. The molecule has 4 nitrogen and oxygen atoms in total. The maximum atomic E-state index is 13.3. The second-order valence-electron chi connectivity index (χ2n) is 6.73. The lowest BCUT2D eigenvalue weighted by Gasteiger charge is -2.30. The number of allylic oxidation sites excluding steroid dienone is 2. The highest BCUT2D eigenvalue weighted by Gasteiger charge is 2.44. The van der Waals surface area contributed by atoms with E-state index < -0.39 is 17.6 Å². The minimum absolute atomic E-state index is 0.0586. The normalized spacial score (nSPS) is 19.3. The van der Waals surface area contributed by atoms with Crippen molar-refractivity contribution in [3.63, 3.8) is 0 Å². The fourth-order valence-corrected chi connectivity index (χ4v) is 3.80. The standard InChI is InChI=1S/C24H17NO3/c25-15-20-18(16-8-3-1-4-9-16)14-19(21-12-7-13-28-21)22(24(20)27)23(26)17-10-5-2-6-11-17/h1-13,19,22H,14H2. The second-order valence-corrected chi connectivity index (χ2v) is 6.73. The molecule has 4 rings (SSSR count). The third-order valence-electron chi connectivity index (χ3n) is 5.14. The van der Waals surface area contributed by atoms with E-state index in [1.54, 1.807) is 36.4 Å². The van der Waals surface area contributed by atoms with E-state index in [9.17, 15) is 14.9 Å². The molecule has 1 aliphatic carbocycles. The topological polar surface area (TPSA) is 71.1 Å². The summed E-state index contributed by atoms with van der Waals surface area (Å²) in [4.78, 5) is 26.5. The van der Waals surface area contributed by atoms with Gasteiger partial charge < -0.3 is 4.42 Å². The predicted molar refractivity (Wildman–Crippen MR) is 104 cm³/mol. The van der Waals surface area contributed by atoms with Crippen LogP contribution < -0.4 is 0 Å². The summed E-state index contributed by atoms with van der Waals surface area (Å²) in [7, 11) is 0. The second kappa shape index (κ2) is 7.50. The van der Waals surface area contributed by atoms with Gasteiger partial charge in [-0.05, 0) is 29.7 Å². The van der Waals surface area contributed by atoms with Crippen LogP contribution in [-0.2, 0) is 4.79 Å². The van der Waals surface area contributed by atoms with E-state index in [2.05, 4.69) is 6.07 Å². The summed E-state index contributed by atoms with van der Waals surface area (Å²) in [5.74, 6) is -1.58. The van der Waals surface area contributed by atoms with Crippen LogP contribution in [0.5, 0.6) is 0 Å². The van der Waals surface area contributed by atoms with Crippen molar-refractivity contribution in [2.75, 3.05) is 0 Å². The zero-order chi connectivity index (χ0) is 19.5. The number of rotatable bonds is 4. The zero-order valence-corrected chi connectivity index (χ0v) is 15.0. The van der Waals surface area contributed by atoms with Crippen LogP contribution in [0.2, 0.25) is 0 Å². The number of benzene rings is 2. The van der Waals surface area contributed by atoms with Crippen molar-refractivity contribution in [3.8, 4) is 6.07 Å². The van der Waals surface area contributed by atoms with Crippen molar-refractivity contribution in [3.05, 3.63) is 102 Å². The summed E-state index contributed by atoms with van der Waals surface area (Å²) < 4.78 is 5.58. The quantitative estimate of drug-likeness (QED) is 0.490. The van der Waals surface area contributed by atoms with Gasteiger partial charge in [0.25, 0.3) is 0 Å². The molecule has 1 heterocycles. The molecule has 4 heteroatoms. The van der Waals surface area contributed by atoms with Crippen molar-refractivity contribution < 1.29 is 14.0 Å². The molecule has 1 aromatic heterocycles. The van der Waals surface area contributed by atoms with Crippen molar-refractivity contribution in [2.45, 2.75) is 12.3 Å². The van der Waals surface area contributed by atoms with E-state index >= 15 is 0 Å². The molecular formula is C24H17NO3. The SMILES string of the molecule is N#CC1=C(c2ccccc2)CC(c2ccco2)C(C(=O)c2ccccc2)C1=O. The van der Waals surface area contributed by atoms with E-state index in [4.69, 9.17) is 4.42 Å². The molecule has 28 heavy (non-hydrogen) atoms. The maximum absolute atomic E-state index is 13.3. The minimum atomic E-state index is -0.976. The number of nitriles is 1. The Labute approximate surface area is 162 Å². The van der Waals surface area contributed by atoms with Gasteiger partial charge in [0.05, 0.1) is 17.8 Å². The Morgan fingerprint density at radius 3 is 2.25 bits per heavy atom. The predicted octanol–water partition coefficient (Wildman–Crippen LogP) is 4.81. The van der Waals surface area contributed by atoms with Crippen LogP contribution in [0.1, 0.15) is 34.0 Å². The van der Waals surface area contributed by atoms with E-state index in [1.165, 1.54) is 6.26 Å². The highest BCUT2D eigenvalue weighted by molar-refractivity contribution is 6.21. The maximum Gasteiger partial charge on any atom is 0.185 e. The van der Waals surface area contributed by atoms with Crippen LogP contribution in [0.25, 0.3) is 5.57 Å². The number of nitrogens with zero attached hydrogens (tertiary/aromatic N) is 1. The Morgan fingerprint density at radius 1 is 0.964 bits per heavy atom. The summed E-state index contributed by atoms with van der Waals surface area (Å²) in [5, 5.41) is 9.72. The lowest BCUT2D eigenvalue weighted by molar-refractivity contribution is -0.118. The van der Waals surface area contributed by atoms with Gasteiger partial charge in [0.1, 0.15) is 11.8 Å². The number of carbonyl (C=O) groups is 2. The molecule has 2 atom stereocenters. The summed E-state index contributed by atoms with van der Waals surface area (Å²) in [6.07, 6.45) is 1.92. The van der Waals surface area contributed by atoms with Crippen LogP contribution >= 0.6 is 0 Å². The third-order valence-corrected chi connectivity index (χ3v) is 5.14. The minimum Gasteiger partial charge on any atom is -0.469 e. The molecular weight excluding hydrogens is 350 g/mol. The fourth-order valence-electron chi connectivity index (χ4n) is 3.80. The molecule has 0 radical (unpaired) electrons. The van der Waals surface area contributed by atoms with E-state index in [0.717, 1.165) is 5.56 Å². The molecule has 0 aliphatic heterocycles. The zero-order valence-electron chi connectivity index (χ0n) is 15.0. The van der Waals surface area contributed by atoms with Gasteiger partial charge in [-0.1, -0.05) is 60.7 Å². The van der Waals surface area contributed by atoms with Gasteiger partial charge in [-0.25, -0.2) is 0 Å². The molecule has 2 aromatic carbocycles. The van der Waals surface area contributed by atoms with Crippen LogP contribution in [0.4, 0.5) is 0 Å². The van der Waals surface area contributed by atoms with Gasteiger partial charge in [-0.15, -0.1) is 0 Å². The first-order chi connectivity index (χ1) is 13.7. The first-order valence-electron chi connectivity index (χ1n) is 9.06. The monoisotopic (exact) mass is 367 g/mol. The molecule has 136 valence electrons. The molecule has 1 aliphatic rings. The summed E-state index contributed by atoms with van der Waals surface area (Å²) in [6.45, 7) is 0. The number of hydrogen-bond acceptors (Lipinski definition) is 4. The van der Waals surface area contributed by atoms with E-state index in [-0.39, 0.29) is 11.4 Å². The molecule has 0 saturated heterocycles. The Kier molecular flexibility index (Phi) is 4.74. The van der Waals surface area contributed by atoms with Gasteiger partial charge in [0.15, 0.2) is 11.6 Å². The number of carbonyl (C=O) groups excluding carboxylic acids is 2. The Morgan fingerprint density at radius 2 is 1.64 bits per heavy atom. The highest BCUT2D eigenvalue weighted by Crippen LogP contribution is 2.43. The summed E-state index contributed by atoms with van der Waals surface area (Å²) in [6, 6.07) is 23.7. The van der Waals surface area contributed by atoms with Gasteiger partial charge in [0, 0.05) is 11.5 Å². The number of Topliss-reactive ketones (excluding diaryl/α,β-unsaturated/α-hetero) is 2. The molecule has 0 saturated carbocycles. The first kappa shape index (κ1) is 17.7. The Balaban J connectivity index is 1.85. The third kappa shape index (κ3) is 3.08. The summed E-state index contributed by atoms with van der Waals surface area (Å²) >= 11 is 0. The number of furan rings is 1. The van der Waals surface area contributed by atoms with Crippen LogP contribution in [0, 0.1) is 17.2 Å². The number of hydrogen-bond donors (Lipinski definition) is 0. The van der Waals surface area contributed by atoms with Crippen molar-refractivity contribution in [1.82, 2.24) is 0 Å². The lowest BCUT2D eigenvalue weighted by Crippen LogP contribution is -2.35. The molecule has 0 fully saturated rings. The molecule has 2 unspecified atom stereocenters. The largest absolute Gasteiger partial charge is 0.469 e. The molecule has 0 amide bonds. The smallest absolute Gasteiger partial charge is 0.185 e. The molecule has 0 spiro atoms. The average Bonchev–Trinajstić information content (AvgIpc) is 3.28. The first-order valence-corrected chi connectivity index (χ1v) is 9.06. The van der Waals surface area contributed by atoms with Gasteiger partial charge in [0.2, 0.25) is 0 Å². The van der Waals surface area contributed by atoms with Crippen molar-refractivity contribution in [1.29, 1.82) is 5.26 Å². The lowest BCUT2D eigenvalue weighted by atomic mass is 9.70. The van der Waals surface area contributed by atoms with Gasteiger partial charge in [-0.3, -0.25) is 9.59 Å². The van der Waals surface area contributed by atoms with E-state index in [0.29, 0.717) is 23.3 Å². The Bertz CT molecular complexity index is 1070. The Hall–Kier alpha value is -3.71.